The van der Waals surface area contributed by atoms with Crippen LogP contribution >= 0.6 is 11.3 Å². The van der Waals surface area contributed by atoms with Crippen molar-refractivity contribution in [2.24, 2.45) is 5.92 Å². The van der Waals surface area contributed by atoms with Crippen LogP contribution in [0.25, 0.3) is 10.2 Å². The van der Waals surface area contributed by atoms with Gasteiger partial charge in [-0.05, 0) is 49.2 Å². The van der Waals surface area contributed by atoms with Crippen LogP contribution in [0, 0.1) is 11.7 Å². The van der Waals surface area contributed by atoms with Gasteiger partial charge in [0.25, 0.3) is 0 Å². The third-order valence-corrected chi connectivity index (χ3v) is 7.96. The van der Waals surface area contributed by atoms with Gasteiger partial charge in [-0.3, -0.25) is 4.79 Å². The van der Waals surface area contributed by atoms with Crippen molar-refractivity contribution < 1.29 is 22.3 Å². The first kappa shape index (κ1) is 20.7. The summed E-state index contributed by atoms with van der Waals surface area (Å²) < 4.78 is 46.0. The summed E-state index contributed by atoms with van der Waals surface area (Å²) in [6.07, 6.45) is 0.806. The Balaban J connectivity index is 1.40. The normalized spacial score (nSPS) is 15.9. The smallest absolute Gasteiger partial charge is 0.243 e. The van der Waals surface area contributed by atoms with Gasteiger partial charge in [-0.1, -0.05) is 17.4 Å². The zero-order valence-corrected chi connectivity index (χ0v) is 17.8. The highest BCUT2D eigenvalue weighted by molar-refractivity contribution is 7.89. The van der Waals surface area contributed by atoms with Crippen molar-refractivity contribution in [3.8, 4) is 5.75 Å². The molecule has 3 aromatic rings. The predicted octanol–water partition coefficient (Wildman–Crippen LogP) is 3.48. The quantitative estimate of drug-likeness (QED) is 0.644. The molecule has 10 heteroatoms. The van der Waals surface area contributed by atoms with E-state index >= 15 is 0 Å². The van der Waals surface area contributed by atoms with Gasteiger partial charge in [0.05, 0.1) is 16.7 Å². The minimum atomic E-state index is -3.70. The Morgan fingerprint density at radius 2 is 1.90 bits per heavy atom. The molecule has 30 heavy (non-hydrogen) atoms. The SMILES string of the molecule is COc1cccc2sc(NC(=O)C3CCN(S(=O)(=O)c4ccc(F)cc4)CC3)nc12. The zero-order chi connectivity index (χ0) is 21.3. The Kier molecular flexibility index (Phi) is 5.72. The van der Waals surface area contributed by atoms with Crippen molar-refractivity contribution >= 4 is 42.6 Å². The lowest BCUT2D eigenvalue weighted by Gasteiger charge is -2.30. The molecule has 158 valence electrons. The topological polar surface area (TPSA) is 88.6 Å². The van der Waals surface area contributed by atoms with Crippen LogP contribution in [0.5, 0.6) is 5.75 Å². The maximum atomic E-state index is 13.1. The second kappa shape index (κ2) is 8.29. The lowest BCUT2D eigenvalue weighted by molar-refractivity contribution is -0.120. The Morgan fingerprint density at radius 1 is 1.20 bits per heavy atom. The largest absolute Gasteiger partial charge is 0.494 e. The first-order valence-electron chi connectivity index (χ1n) is 9.38. The summed E-state index contributed by atoms with van der Waals surface area (Å²) in [6, 6.07) is 10.3. The predicted molar refractivity (Wildman–Crippen MR) is 113 cm³/mol. The van der Waals surface area contributed by atoms with Gasteiger partial charge < -0.3 is 10.1 Å². The number of hydrogen-bond acceptors (Lipinski definition) is 6. The number of piperidine rings is 1. The van der Waals surface area contributed by atoms with Crippen LogP contribution in [0.1, 0.15) is 12.8 Å². The molecule has 1 aliphatic rings. The highest BCUT2D eigenvalue weighted by Gasteiger charge is 2.32. The van der Waals surface area contributed by atoms with Gasteiger partial charge in [0.2, 0.25) is 15.9 Å². The summed E-state index contributed by atoms with van der Waals surface area (Å²) in [5.74, 6) is -0.328. The molecule has 0 bridgehead atoms. The monoisotopic (exact) mass is 449 g/mol. The number of rotatable bonds is 5. The number of nitrogens with zero attached hydrogens (tertiary/aromatic N) is 2. The van der Waals surface area contributed by atoms with E-state index in [1.54, 1.807) is 7.11 Å². The minimum Gasteiger partial charge on any atom is -0.494 e. The number of para-hydroxylation sites is 1. The number of aromatic nitrogens is 1. The molecule has 1 saturated heterocycles. The molecule has 1 fully saturated rings. The van der Waals surface area contributed by atoms with Crippen LogP contribution < -0.4 is 10.1 Å². The molecule has 0 radical (unpaired) electrons. The minimum absolute atomic E-state index is 0.0511. The fourth-order valence-electron chi connectivity index (χ4n) is 3.46. The number of carbonyl (C=O) groups is 1. The third kappa shape index (κ3) is 4.03. The van der Waals surface area contributed by atoms with Gasteiger partial charge in [-0.2, -0.15) is 4.31 Å². The van der Waals surface area contributed by atoms with E-state index in [2.05, 4.69) is 10.3 Å². The van der Waals surface area contributed by atoms with E-state index in [4.69, 9.17) is 4.74 Å². The van der Waals surface area contributed by atoms with E-state index in [0.29, 0.717) is 29.2 Å². The van der Waals surface area contributed by atoms with Gasteiger partial charge in [0.1, 0.15) is 17.1 Å². The van der Waals surface area contributed by atoms with Gasteiger partial charge in [-0.15, -0.1) is 0 Å². The molecular formula is C20H20FN3O4S2. The molecule has 2 aromatic carbocycles. The standard InChI is InChI=1S/C20H20FN3O4S2/c1-28-16-3-2-4-17-18(16)22-20(29-17)23-19(25)13-9-11-24(12-10-13)30(26,27)15-7-5-14(21)6-8-15/h2-8,13H,9-12H2,1H3,(H,22,23,25). The summed E-state index contributed by atoms with van der Waals surface area (Å²) >= 11 is 1.36. The third-order valence-electron chi connectivity index (χ3n) is 5.11. The first-order valence-corrected chi connectivity index (χ1v) is 11.6. The van der Waals surface area contributed by atoms with Crippen molar-refractivity contribution in [2.75, 3.05) is 25.5 Å². The second-order valence-electron chi connectivity index (χ2n) is 6.95. The highest BCUT2D eigenvalue weighted by Crippen LogP contribution is 2.33. The number of carbonyl (C=O) groups excluding carboxylic acids is 1. The van der Waals surface area contributed by atoms with Gasteiger partial charge in [0, 0.05) is 19.0 Å². The fraction of sp³-hybridized carbons (Fsp3) is 0.300. The Hall–Kier alpha value is -2.56. The van der Waals surface area contributed by atoms with E-state index < -0.39 is 15.8 Å². The van der Waals surface area contributed by atoms with Crippen molar-refractivity contribution in [2.45, 2.75) is 17.7 Å². The second-order valence-corrected chi connectivity index (χ2v) is 9.92. The maximum absolute atomic E-state index is 13.1. The number of anilines is 1. The molecule has 0 atom stereocenters. The molecule has 1 aromatic heterocycles. The summed E-state index contributed by atoms with van der Waals surface area (Å²) in [7, 11) is -2.13. The number of thiazole rings is 1. The lowest BCUT2D eigenvalue weighted by atomic mass is 9.97. The molecule has 1 aliphatic heterocycles. The van der Waals surface area contributed by atoms with Crippen molar-refractivity contribution in [3.05, 3.63) is 48.3 Å². The number of amides is 1. The van der Waals surface area contributed by atoms with Crippen molar-refractivity contribution in [1.82, 2.24) is 9.29 Å². The molecule has 1 N–H and O–H groups in total. The molecule has 0 unspecified atom stereocenters. The highest BCUT2D eigenvalue weighted by atomic mass is 32.2. The van der Waals surface area contributed by atoms with Crippen molar-refractivity contribution in [3.63, 3.8) is 0 Å². The van der Waals surface area contributed by atoms with Crippen LogP contribution in [0.2, 0.25) is 0 Å². The van der Waals surface area contributed by atoms with E-state index in [9.17, 15) is 17.6 Å². The number of fused-ring (bicyclic) bond motifs is 1. The lowest BCUT2D eigenvalue weighted by Crippen LogP contribution is -2.41. The number of benzene rings is 2. The molecule has 0 spiro atoms. The fourth-order valence-corrected chi connectivity index (χ4v) is 5.82. The number of hydrogen-bond donors (Lipinski definition) is 1. The molecule has 0 saturated carbocycles. The van der Waals surface area contributed by atoms with Gasteiger partial charge in [-0.25, -0.2) is 17.8 Å². The summed E-state index contributed by atoms with van der Waals surface area (Å²) in [4.78, 5) is 17.2. The molecule has 1 amide bonds. The van der Waals surface area contributed by atoms with Crippen LogP contribution in [-0.4, -0.2) is 43.8 Å². The number of methoxy groups -OCH3 is 1. The Morgan fingerprint density at radius 3 is 2.57 bits per heavy atom. The zero-order valence-electron chi connectivity index (χ0n) is 16.2. The van der Waals surface area contributed by atoms with E-state index in [0.717, 1.165) is 16.8 Å². The van der Waals surface area contributed by atoms with E-state index in [1.807, 2.05) is 18.2 Å². The van der Waals surface area contributed by atoms with Crippen LogP contribution in [0.4, 0.5) is 9.52 Å². The van der Waals surface area contributed by atoms with Gasteiger partial charge >= 0.3 is 0 Å². The maximum Gasteiger partial charge on any atom is 0.243 e. The number of ether oxygens (including phenoxy) is 1. The first-order chi connectivity index (χ1) is 14.4. The molecule has 2 heterocycles. The number of sulfonamides is 1. The Bertz CT molecular complexity index is 1170. The van der Waals surface area contributed by atoms with Crippen LogP contribution in [0.15, 0.2) is 47.4 Å². The summed E-state index contributed by atoms with van der Waals surface area (Å²) in [5, 5.41) is 3.33. The number of halogens is 1. The average Bonchev–Trinajstić information content (AvgIpc) is 3.16. The molecular weight excluding hydrogens is 429 g/mol. The average molecular weight is 450 g/mol. The summed E-state index contributed by atoms with van der Waals surface area (Å²) in [6.45, 7) is 0.455. The van der Waals surface area contributed by atoms with Crippen LogP contribution in [-0.2, 0) is 14.8 Å². The Labute approximate surface area is 177 Å². The molecule has 7 nitrogen and oxygen atoms in total. The van der Waals surface area contributed by atoms with Crippen molar-refractivity contribution in [1.29, 1.82) is 0 Å². The molecule has 0 aliphatic carbocycles. The van der Waals surface area contributed by atoms with E-state index in [-0.39, 0.29) is 29.8 Å². The van der Waals surface area contributed by atoms with E-state index in [1.165, 1.54) is 27.8 Å². The molecule has 4 rings (SSSR count). The van der Waals surface area contributed by atoms with Gasteiger partial charge in [0.15, 0.2) is 5.13 Å². The number of nitrogens with one attached hydrogen (secondary N) is 1. The summed E-state index contributed by atoms with van der Waals surface area (Å²) in [5.41, 5.74) is 0.695. The van der Waals surface area contributed by atoms with Crippen LogP contribution in [0.3, 0.4) is 0 Å².